The first-order valence-electron chi connectivity index (χ1n) is 5.91. The lowest BCUT2D eigenvalue weighted by molar-refractivity contribution is 0.393. The minimum Gasteiger partial charge on any atom is -0.497 e. The van der Waals surface area contributed by atoms with Gasteiger partial charge in [0.2, 0.25) is 0 Å². The smallest absolute Gasteiger partial charge is 0.129 e. The maximum Gasteiger partial charge on any atom is 0.129 e. The molecule has 1 N–H and O–H groups in total. The molecule has 0 bridgehead atoms. The average Bonchev–Trinajstić information content (AvgIpc) is 2.38. The lowest BCUT2D eigenvalue weighted by Crippen LogP contribution is -2.12. The third-order valence-corrected chi connectivity index (χ3v) is 2.48. The van der Waals surface area contributed by atoms with Gasteiger partial charge in [0.25, 0.3) is 0 Å². The molecule has 94 valence electrons. The van der Waals surface area contributed by atoms with Gasteiger partial charge in [0.1, 0.15) is 11.5 Å². The van der Waals surface area contributed by atoms with Crippen LogP contribution in [0.4, 0.5) is 0 Å². The van der Waals surface area contributed by atoms with Crippen LogP contribution in [0.2, 0.25) is 0 Å². The van der Waals surface area contributed by atoms with E-state index in [1.54, 1.807) is 14.2 Å². The van der Waals surface area contributed by atoms with Crippen LogP contribution in [0, 0.1) is 0 Å². The second-order valence-corrected chi connectivity index (χ2v) is 3.65. The summed E-state index contributed by atoms with van der Waals surface area (Å²) in [5.41, 5.74) is 1.07. The van der Waals surface area contributed by atoms with Crippen LogP contribution in [0.1, 0.15) is 18.9 Å². The summed E-state index contributed by atoms with van der Waals surface area (Å²) < 4.78 is 10.5. The zero-order valence-electron chi connectivity index (χ0n) is 10.8. The van der Waals surface area contributed by atoms with Crippen LogP contribution in [0.25, 0.3) is 6.08 Å². The zero-order chi connectivity index (χ0) is 12.5. The molecule has 0 heterocycles. The van der Waals surface area contributed by atoms with Crippen molar-refractivity contribution in [2.24, 2.45) is 0 Å². The topological polar surface area (TPSA) is 30.5 Å². The molecule has 3 nitrogen and oxygen atoms in total. The standard InChI is InChI=1S/C14H21NO2/c1-4-15-10-6-5-7-12-8-9-13(16-2)11-14(12)17-3/h5,7-9,11,15H,4,6,10H2,1-3H3. The molecule has 0 saturated heterocycles. The summed E-state index contributed by atoms with van der Waals surface area (Å²) in [5, 5.41) is 3.28. The van der Waals surface area contributed by atoms with Crippen LogP contribution >= 0.6 is 0 Å². The van der Waals surface area contributed by atoms with Crippen LogP contribution in [0.15, 0.2) is 24.3 Å². The summed E-state index contributed by atoms with van der Waals surface area (Å²) in [6.45, 7) is 4.13. The Balaban J connectivity index is 2.63. The average molecular weight is 235 g/mol. The molecule has 0 saturated carbocycles. The maximum absolute atomic E-state index is 5.32. The van der Waals surface area contributed by atoms with Gasteiger partial charge in [0, 0.05) is 11.6 Å². The van der Waals surface area contributed by atoms with Gasteiger partial charge in [-0.15, -0.1) is 0 Å². The van der Waals surface area contributed by atoms with Gasteiger partial charge in [-0.3, -0.25) is 0 Å². The van der Waals surface area contributed by atoms with E-state index >= 15 is 0 Å². The number of rotatable bonds is 7. The van der Waals surface area contributed by atoms with Gasteiger partial charge >= 0.3 is 0 Å². The Morgan fingerprint density at radius 1 is 1.24 bits per heavy atom. The summed E-state index contributed by atoms with van der Waals surface area (Å²) in [6.07, 6.45) is 5.24. The molecule has 1 rings (SSSR count). The Labute approximate surface area is 103 Å². The van der Waals surface area contributed by atoms with Crippen molar-refractivity contribution in [3.8, 4) is 11.5 Å². The molecule has 0 unspecified atom stereocenters. The van der Waals surface area contributed by atoms with Gasteiger partial charge in [-0.25, -0.2) is 0 Å². The van der Waals surface area contributed by atoms with E-state index in [2.05, 4.69) is 24.4 Å². The summed E-state index contributed by atoms with van der Waals surface area (Å²) >= 11 is 0. The first-order chi connectivity index (χ1) is 8.31. The van der Waals surface area contributed by atoms with Gasteiger partial charge in [-0.1, -0.05) is 19.1 Å². The fourth-order valence-electron chi connectivity index (χ4n) is 1.53. The predicted octanol–water partition coefficient (Wildman–Crippen LogP) is 2.72. The summed E-state index contributed by atoms with van der Waals surface area (Å²) in [6, 6.07) is 5.83. The monoisotopic (exact) mass is 235 g/mol. The molecule has 1 aromatic rings. The molecule has 0 aliphatic rings. The minimum atomic E-state index is 0.812. The fourth-order valence-corrected chi connectivity index (χ4v) is 1.53. The summed E-state index contributed by atoms with van der Waals surface area (Å²) in [5.74, 6) is 1.65. The highest BCUT2D eigenvalue weighted by Gasteiger charge is 2.01. The first-order valence-corrected chi connectivity index (χ1v) is 5.91. The van der Waals surface area contributed by atoms with Crippen molar-refractivity contribution in [1.29, 1.82) is 0 Å². The highest BCUT2D eigenvalue weighted by Crippen LogP contribution is 2.25. The van der Waals surface area contributed by atoms with Gasteiger partial charge < -0.3 is 14.8 Å². The predicted molar refractivity (Wildman–Crippen MR) is 71.7 cm³/mol. The molecule has 0 aliphatic heterocycles. The normalized spacial score (nSPS) is 10.8. The highest BCUT2D eigenvalue weighted by molar-refractivity contribution is 5.59. The van der Waals surface area contributed by atoms with E-state index < -0.39 is 0 Å². The number of nitrogens with one attached hydrogen (secondary N) is 1. The third-order valence-electron chi connectivity index (χ3n) is 2.48. The van der Waals surface area contributed by atoms with Gasteiger partial charge in [0.05, 0.1) is 14.2 Å². The fraction of sp³-hybridized carbons (Fsp3) is 0.429. The molecule has 0 aliphatic carbocycles. The van der Waals surface area contributed by atoms with Crippen molar-refractivity contribution < 1.29 is 9.47 Å². The van der Waals surface area contributed by atoms with Crippen LogP contribution in [0.3, 0.4) is 0 Å². The Kier molecular flexibility index (Phi) is 6.18. The number of hydrogen-bond donors (Lipinski definition) is 1. The second-order valence-electron chi connectivity index (χ2n) is 3.65. The number of methoxy groups -OCH3 is 2. The van der Waals surface area contributed by atoms with Crippen LogP contribution < -0.4 is 14.8 Å². The van der Waals surface area contributed by atoms with Crippen molar-refractivity contribution in [2.45, 2.75) is 13.3 Å². The maximum atomic E-state index is 5.32. The second kappa shape index (κ2) is 7.74. The molecule has 0 aromatic heterocycles. The van der Waals surface area contributed by atoms with E-state index in [9.17, 15) is 0 Å². The molecule has 0 radical (unpaired) electrons. The van der Waals surface area contributed by atoms with Crippen molar-refractivity contribution in [3.05, 3.63) is 29.8 Å². The van der Waals surface area contributed by atoms with Crippen molar-refractivity contribution >= 4 is 6.08 Å². The van der Waals surface area contributed by atoms with Crippen LogP contribution in [-0.2, 0) is 0 Å². The van der Waals surface area contributed by atoms with E-state index in [0.29, 0.717) is 0 Å². The number of benzene rings is 1. The van der Waals surface area contributed by atoms with Crippen LogP contribution in [-0.4, -0.2) is 27.3 Å². The molecule has 0 amide bonds. The molecule has 3 heteroatoms. The number of ether oxygens (including phenoxy) is 2. The van der Waals surface area contributed by atoms with E-state index in [-0.39, 0.29) is 0 Å². The molecule has 17 heavy (non-hydrogen) atoms. The number of hydrogen-bond acceptors (Lipinski definition) is 3. The molecule has 0 spiro atoms. The highest BCUT2D eigenvalue weighted by atomic mass is 16.5. The first kappa shape index (κ1) is 13.6. The largest absolute Gasteiger partial charge is 0.497 e. The lowest BCUT2D eigenvalue weighted by atomic mass is 10.1. The van der Waals surface area contributed by atoms with E-state index in [4.69, 9.17) is 9.47 Å². The lowest BCUT2D eigenvalue weighted by Gasteiger charge is -2.07. The van der Waals surface area contributed by atoms with Crippen LogP contribution in [0.5, 0.6) is 11.5 Å². The molecule has 1 aromatic carbocycles. The summed E-state index contributed by atoms with van der Waals surface area (Å²) in [7, 11) is 3.32. The third kappa shape index (κ3) is 4.49. The molecule has 0 atom stereocenters. The van der Waals surface area contributed by atoms with Gasteiger partial charge in [-0.05, 0) is 31.6 Å². The van der Waals surface area contributed by atoms with E-state index in [0.717, 1.165) is 36.6 Å². The Morgan fingerprint density at radius 3 is 2.71 bits per heavy atom. The molecule has 0 fully saturated rings. The minimum absolute atomic E-state index is 0.812. The van der Waals surface area contributed by atoms with Crippen molar-refractivity contribution in [1.82, 2.24) is 5.32 Å². The molecular formula is C14H21NO2. The van der Waals surface area contributed by atoms with Gasteiger partial charge in [-0.2, -0.15) is 0 Å². The van der Waals surface area contributed by atoms with Crippen molar-refractivity contribution in [2.75, 3.05) is 27.3 Å². The van der Waals surface area contributed by atoms with E-state index in [1.165, 1.54) is 0 Å². The summed E-state index contributed by atoms with van der Waals surface area (Å²) in [4.78, 5) is 0. The Hall–Kier alpha value is -1.48. The quantitative estimate of drug-likeness (QED) is 0.737. The van der Waals surface area contributed by atoms with E-state index in [1.807, 2.05) is 18.2 Å². The zero-order valence-corrected chi connectivity index (χ0v) is 10.8. The Bertz CT molecular complexity index is 361. The molecular weight excluding hydrogens is 214 g/mol. The SMILES string of the molecule is CCNCCC=Cc1ccc(OC)cc1OC. The van der Waals surface area contributed by atoms with Crippen molar-refractivity contribution in [3.63, 3.8) is 0 Å². The Morgan fingerprint density at radius 2 is 2.06 bits per heavy atom. The van der Waals surface area contributed by atoms with Gasteiger partial charge in [0.15, 0.2) is 0 Å².